The molecule has 0 rings (SSSR count). The van der Waals surface area contributed by atoms with Crippen molar-refractivity contribution in [2.24, 2.45) is 0 Å². The number of amides is 3. The van der Waals surface area contributed by atoms with E-state index in [4.69, 9.17) is 5.11 Å². The highest BCUT2D eigenvalue weighted by atomic mass is 16.4. The standard InChI is InChI=1S/C10H19N3O4/c1-4-7(9(15)16)12-10(17)13(5-2)6-8(14)11-3/h7H,4-6H2,1-3H3,(H,11,14)(H,12,17)(H,15,16). The quantitative estimate of drug-likeness (QED) is 0.594. The lowest BCUT2D eigenvalue weighted by molar-refractivity contribution is -0.139. The number of aliphatic carboxylic acids is 1. The van der Waals surface area contributed by atoms with E-state index in [2.05, 4.69) is 10.6 Å². The Morgan fingerprint density at radius 3 is 2.24 bits per heavy atom. The number of nitrogens with one attached hydrogen (secondary N) is 2. The average molecular weight is 245 g/mol. The Hall–Kier alpha value is -1.79. The van der Waals surface area contributed by atoms with Crippen molar-refractivity contribution >= 4 is 17.9 Å². The van der Waals surface area contributed by atoms with Gasteiger partial charge in [-0.15, -0.1) is 0 Å². The molecule has 0 radical (unpaired) electrons. The fourth-order valence-corrected chi connectivity index (χ4v) is 1.16. The van der Waals surface area contributed by atoms with E-state index in [1.165, 1.54) is 11.9 Å². The number of carboxylic acids is 1. The van der Waals surface area contributed by atoms with Crippen LogP contribution in [0.4, 0.5) is 4.79 Å². The molecule has 0 spiro atoms. The second-order valence-corrected chi connectivity index (χ2v) is 3.44. The highest BCUT2D eigenvalue weighted by Crippen LogP contribution is 1.95. The maximum atomic E-state index is 11.7. The first-order valence-corrected chi connectivity index (χ1v) is 5.45. The minimum Gasteiger partial charge on any atom is -0.480 e. The summed E-state index contributed by atoms with van der Waals surface area (Å²) < 4.78 is 0. The number of carboxylic acid groups (broad SMARTS) is 1. The predicted octanol–water partition coefficient (Wildman–Crippen LogP) is -0.373. The van der Waals surface area contributed by atoms with Gasteiger partial charge in [-0.3, -0.25) is 4.79 Å². The summed E-state index contributed by atoms with van der Waals surface area (Å²) in [5, 5.41) is 13.5. The molecule has 17 heavy (non-hydrogen) atoms. The lowest BCUT2D eigenvalue weighted by Gasteiger charge is -2.22. The fraction of sp³-hybridized carbons (Fsp3) is 0.700. The number of likely N-dealkylation sites (N-methyl/N-ethyl adjacent to an activating group) is 2. The van der Waals surface area contributed by atoms with E-state index in [-0.39, 0.29) is 12.5 Å². The van der Waals surface area contributed by atoms with Crippen LogP contribution in [0.2, 0.25) is 0 Å². The van der Waals surface area contributed by atoms with Gasteiger partial charge >= 0.3 is 12.0 Å². The zero-order valence-corrected chi connectivity index (χ0v) is 10.3. The average Bonchev–Trinajstić information content (AvgIpc) is 2.31. The van der Waals surface area contributed by atoms with Gasteiger partial charge in [-0.05, 0) is 13.3 Å². The smallest absolute Gasteiger partial charge is 0.326 e. The third-order valence-electron chi connectivity index (χ3n) is 2.29. The highest BCUT2D eigenvalue weighted by Gasteiger charge is 2.21. The van der Waals surface area contributed by atoms with Gasteiger partial charge in [0.15, 0.2) is 0 Å². The van der Waals surface area contributed by atoms with Crippen LogP contribution in [0.15, 0.2) is 0 Å². The van der Waals surface area contributed by atoms with Crippen LogP contribution in [0, 0.1) is 0 Å². The van der Waals surface area contributed by atoms with Crippen LogP contribution in [0.5, 0.6) is 0 Å². The molecule has 0 saturated carbocycles. The van der Waals surface area contributed by atoms with Crippen LogP contribution in [0.1, 0.15) is 20.3 Å². The molecule has 7 nitrogen and oxygen atoms in total. The second-order valence-electron chi connectivity index (χ2n) is 3.44. The van der Waals surface area contributed by atoms with Gasteiger partial charge in [-0.2, -0.15) is 0 Å². The van der Waals surface area contributed by atoms with Gasteiger partial charge < -0.3 is 20.6 Å². The van der Waals surface area contributed by atoms with E-state index < -0.39 is 18.0 Å². The van der Waals surface area contributed by atoms with Crippen molar-refractivity contribution in [1.29, 1.82) is 0 Å². The van der Waals surface area contributed by atoms with E-state index in [0.29, 0.717) is 13.0 Å². The fourth-order valence-electron chi connectivity index (χ4n) is 1.16. The first kappa shape index (κ1) is 15.2. The van der Waals surface area contributed by atoms with Crippen LogP contribution in [0.25, 0.3) is 0 Å². The molecule has 0 fully saturated rings. The molecule has 0 aromatic heterocycles. The van der Waals surface area contributed by atoms with Crippen molar-refractivity contribution in [3.05, 3.63) is 0 Å². The summed E-state index contributed by atoms with van der Waals surface area (Å²) in [6, 6.07) is -1.48. The molecule has 0 saturated heterocycles. The number of carbonyl (C=O) groups excluding carboxylic acids is 2. The number of hydrogen-bond donors (Lipinski definition) is 3. The number of hydrogen-bond acceptors (Lipinski definition) is 3. The summed E-state index contributed by atoms with van der Waals surface area (Å²) in [6.07, 6.45) is 0.290. The molecule has 3 N–H and O–H groups in total. The molecular formula is C10H19N3O4. The van der Waals surface area contributed by atoms with Crippen LogP contribution in [0.3, 0.4) is 0 Å². The van der Waals surface area contributed by atoms with Gasteiger partial charge in [0.25, 0.3) is 0 Å². The first-order valence-electron chi connectivity index (χ1n) is 5.45. The Balaban J connectivity index is 4.43. The molecular weight excluding hydrogens is 226 g/mol. The second kappa shape index (κ2) is 7.48. The molecule has 1 atom stereocenters. The van der Waals surface area contributed by atoms with Gasteiger partial charge in [0, 0.05) is 13.6 Å². The van der Waals surface area contributed by atoms with Crippen LogP contribution in [-0.4, -0.2) is 54.1 Å². The van der Waals surface area contributed by atoms with Crippen LogP contribution >= 0.6 is 0 Å². The lowest BCUT2D eigenvalue weighted by atomic mass is 10.2. The summed E-state index contributed by atoms with van der Waals surface area (Å²) >= 11 is 0. The SMILES string of the molecule is CCC(NC(=O)N(CC)CC(=O)NC)C(=O)O. The molecule has 0 aliphatic heterocycles. The van der Waals surface area contributed by atoms with Crippen LogP contribution in [-0.2, 0) is 9.59 Å². The Kier molecular flexibility index (Phi) is 6.69. The van der Waals surface area contributed by atoms with Crippen molar-refractivity contribution in [3.8, 4) is 0 Å². The predicted molar refractivity (Wildman–Crippen MR) is 61.6 cm³/mol. The zero-order chi connectivity index (χ0) is 13.4. The summed E-state index contributed by atoms with van der Waals surface area (Å²) in [5.74, 6) is -1.39. The maximum absolute atomic E-state index is 11.7. The van der Waals surface area contributed by atoms with Gasteiger partial charge in [0.05, 0.1) is 0 Å². The Bertz CT molecular complexity index is 293. The minimum atomic E-state index is -1.09. The van der Waals surface area contributed by atoms with E-state index in [0.717, 1.165) is 0 Å². The van der Waals surface area contributed by atoms with Gasteiger partial charge in [-0.25, -0.2) is 9.59 Å². The number of carbonyl (C=O) groups is 3. The summed E-state index contributed by atoms with van der Waals surface area (Å²) in [5.41, 5.74) is 0. The number of urea groups is 1. The normalized spacial score (nSPS) is 11.5. The molecule has 0 aromatic rings. The third kappa shape index (κ3) is 5.19. The first-order chi connectivity index (χ1) is 7.96. The van der Waals surface area contributed by atoms with Crippen molar-refractivity contribution in [2.45, 2.75) is 26.3 Å². The minimum absolute atomic E-state index is 0.0884. The Morgan fingerprint density at radius 1 is 1.29 bits per heavy atom. The zero-order valence-electron chi connectivity index (χ0n) is 10.3. The van der Waals surface area contributed by atoms with Crippen molar-refractivity contribution < 1.29 is 19.5 Å². The van der Waals surface area contributed by atoms with Crippen LogP contribution < -0.4 is 10.6 Å². The van der Waals surface area contributed by atoms with Crippen molar-refractivity contribution in [3.63, 3.8) is 0 Å². The monoisotopic (exact) mass is 245 g/mol. The highest BCUT2D eigenvalue weighted by molar-refractivity contribution is 5.86. The van der Waals surface area contributed by atoms with Gasteiger partial charge in [-0.1, -0.05) is 6.92 Å². The lowest BCUT2D eigenvalue weighted by Crippen LogP contribution is -2.50. The molecule has 7 heteroatoms. The summed E-state index contributed by atoms with van der Waals surface area (Å²) in [4.78, 5) is 34.8. The molecule has 3 amide bonds. The van der Waals surface area contributed by atoms with Crippen molar-refractivity contribution in [2.75, 3.05) is 20.1 Å². The van der Waals surface area contributed by atoms with E-state index in [1.54, 1.807) is 13.8 Å². The molecule has 0 bridgehead atoms. The van der Waals surface area contributed by atoms with E-state index in [1.807, 2.05) is 0 Å². The molecule has 0 aliphatic carbocycles. The maximum Gasteiger partial charge on any atom is 0.326 e. The van der Waals surface area contributed by atoms with Crippen molar-refractivity contribution in [1.82, 2.24) is 15.5 Å². The molecule has 0 aliphatic rings. The summed E-state index contributed by atoms with van der Waals surface area (Å²) in [6.45, 7) is 3.61. The van der Waals surface area contributed by atoms with E-state index >= 15 is 0 Å². The number of nitrogens with zero attached hydrogens (tertiary/aromatic N) is 1. The topological polar surface area (TPSA) is 98.7 Å². The molecule has 0 heterocycles. The van der Waals surface area contributed by atoms with Gasteiger partial charge in [0.1, 0.15) is 12.6 Å². The third-order valence-corrected chi connectivity index (χ3v) is 2.29. The number of rotatable bonds is 6. The van der Waals surface area contributed by atoms with E-state index in [9.17, 15) is 14.4 Å². The summed E-state index contributed by atoms with van der Waals surface area (Å²) in [7, 11) is 1.47. The molecule has 1 unspecified atom stereocenters. The van der Waals surface area contributed by atoms with Gasteiger partial charge in [0.2, 0.25) is 5.91 Å². The molecule has 98 valence electrons. The largest absolute Gasteiger partial charge is 0.480 e. The Labute approximate surface area is 100 Å². The molecule has 0 aromatic carbocycles. The Morgan fingerprint density at radius 2 is 1.88 bits per heavy atom.